The molecule has 1 saturated carbocycles. The van der Waals surface area contributed by atoms with Crippen LogP contribution in [0.5, 0.6) is 0 Å². The fraction of sp³-hybridized carbons (Fsp3) is 0.429. The normalized spacial score (nSPS) is 16.8. The van der Waals surface area contributed by atoms with Crippen molar-refractivity contribution in [3.63, 3.8) is 0 Å². The molecule has 7 nitrogen and oxygen atoms in total. The number of nitrogens with zero attached hydrogens (tertiary/aromatic N) is 4. The number of hydrogen-bond donors (Lipinski definition) is 2. The van der Waals surface area contributed by atoms with Gasteiger partial charge in [0, 0.05) is 6.20 Å². The van der Waals surface area contributed by atoms with Crippen molar-refractivity contribution < 1.29 is 9.90 Å². The number of aliphatic hydroxyl groups is 1. The molecule has 21 heavy (non-hydrogen) atoms. The summed E-state index contributed by atoms with van der Waals surface area (Å²) >= 11 is 0. The highest BCUT2D eigenvalue weighted by Gasteiger charge is 2.34. The molecule has 2 heterocycles. The van der Waals surface area contributed by atoms with Crippen LogP contribution in [0.2, 0.25) is 0 Å². The summed E-state index contributed by atoms with van der Waals surface area (Å²) in [6.45, 7) is -0.0246. The number of carbonyl (C=O) groups excluding carboxylic acids is 1. The number of carbonyl (C=O) groups is 1. The molecule has 1 aliphatic rings. The van der Waals surface area contributed by atoms with E-state index in [1.807, 2.05) is 0 Å². The first-order valence-electron chi connectivity index (χ1n) is 6.97. The van der Waals surface area contributed by atoms with Crippen molar-refractivity contribution >= 4 is 5.91 Å². The van der Waals surface area contributed by atoms with E-state index < -0.39 is 5.54 Å². The van der Waals surface area contributed by atoms with E-state index in [2.05, 4.69) is 20.4 Å². The summed E-state index contributed by atoms with van der Waals surface area (Å²) in [4.78, 5) is 20.3. The zero-order valence-corrected chi connectivity index (χ0v) is 11.6. The van der Waals surface area contributed by atoms with E-state index in [1.54, 1.807) is 18.5 Å². The lowest BCUT2D eigenvalue weighted by Gasteiger charge is -2.27. The number of amides is 1. The average Bonchev–Trinajstić information content (AvgIpc) is 3.19. The van der Waals surface area contributed by atoms with Gasteiger partial charge in [-0.25, -0.2) is 14.6 Å². The molecule has 1 fully saturated rings. The largest absolute Gasteiger partial charge is 0.394 e. The van der Waals surface area contributed by atoms with Crippen molar-refractivity contribution in [3.05, 3.63) is 36.5 Å². The maximum atomic E-state index is 12.3. The summed E-state index contributed by atoms with van der Waals surface area (Å²) < 4.78 is 1.52. The second-order valence-electron chi connectivity index (χ2n) is 5.34. The summed E-state index contributed by atoms with van der Waals surface area (Å²) in [7, 11) is 0. The van der Waals surface area contributed by atoms with Crippen LogP contribution in [-0.4, -0.2) is 42.9 Å². The Hall–Kier alpha value is -2.28. The Morgan fingerprint density at radius 2 is 2.19 bits per heavy atom. The van der Waals surface area contributed by atoms with Gasteiger partial charge in [-0.3, -0.25) is 4.79 Å². The molecule has 0 radical (unpaired) electrons. The van der Waals surface area contributed by atoms with E-state index in [9.17, 15) is 9.90 Å². The molecule has 1 amide bonds. The summed E-state index contributed by atoms with van der Waals surface area (Å²) in [5.41, 5.74) is 0.000340. The van der Waals surface area contributed by atoms with Gasteiger partial charge in [-0.15, -0.1) is 0 Å². The van der Waals surface area contributed by atoms with Crippen LogP contribution in [0.3, 0.4) is 0 Å². The van der Waals surface area contributed by atoms with Crippen LogP contribution < -0.4 is 5.32 Å². The second-order valence-corrected chi connectivity index (χ2v) is 5.34. The van der Waals surface area contributed by atoms with Crippen LogP contribution in [0.15, 0.2) is 31.0 Å². The van der Waals surface area contributed by atoms with Crippen molar-refractivity contribution in [2.75, 3.05) is 6.61 Å². The van der Waals surface area contributed by atoms with Crippen LogP contribution in [0.25, 0.3) is 5.82 Å². The van der Waals surface area contributed by atoms with Gasteiger partial charge in [0.1, 0.15) is 12.7 Å². The van der Waals surface area contributed by atoms with Crippen molar-refractivity contribution in [2.45, 2.75) is 31.2 Å². The number of nitrogens with one attached hydrogen (secondary N) is 1. The molecule has 0 unspecified atom stereocenters. The molecule has 3 rings (SSSR count). The minimum atomic E-state index is -0.471. The predicted molar refractivity (Wildman–Crippen MR) is 74.9 cm³/mol. The number of rotatable bonds is 4. The van der Waals surface area contributed by atoms with Gasteiger partial charge in [0.2, 0.25) is 0 Å². The fourth-order valence-electron chi connectivity index (χ4n) is 2.67. The highest BCUT2D eigenvalue weighted by Crippen LogP contribution is 2.29. The van der Waals surface area contributed by atoms with E-state index in [1.165, 1.54) is 17.2 Å². The first kappa shape index (κ1) is 13.7. The van der Waals surface area contributed by atoms with Gasteiger partial charge in [-0.1, -0.05) is 12.8 Å². The smallest absolute Gasteiger partial charge is 0.253 e. The van der Waals surface area contributed by atoms with Gasteiger partial charge in [0.15, 0.2) is 5.82 Å². The standard InChI is InChI=1S/C14H17N5O2/c20-8-14(5-1-2-6-14)18-13(21)11-3-4-12(16-7-11)19-10-15-9-17-19/h3-4,7,9-10,20H,1-2,5-6,8H2,(H,18,21). The maximum absolute atomic E-state index is 12.3. The Bertz CT molecular complexity index is 603. The van der Waals surface area contributed by atoms with Crippen molar-refractivity contribution in [3.8, 4) is 5.82 Å². The molecule has 2 aromatic rings. The molecule has 2 aromatic heterocycles. The van der Waals surface area contributed by atoms with E-state index in [0.29, 0.717) is 11.4 Å². The van der Waals surface area contributed by atoms with Crippen molar-refractivity contribution in [2.24, 2.45) is 0 Å². The lowest BCUT2D eigenvalue weighted by atomic mass is 9.98. The molecule has 0 aromatic carbocycles. The SMILES string of the molecule is O=C(NC1(CO)CCCC1)c1ccc(-n2cncn2)nc1. The highest BCUT2D eigenvalue weighted by atomic mass is 16.3. The lowest BCUT2D eigenvalue weighted by Crippen LogP contribution is -2.49. The summed E-state index contributed by atoms with van der Waals surface area (Å²) in [5.74, 6) is 0.394. The van der Waals surface area contributed by atoms with Gasteiger partial charge in [-0.2, -0.15) is 5.10 Å². The molecular weight excluding hydrogens is 270 g/mol. The van der Waals surface area contributed by atoms with Gasteiger partial charge in [-0.05, 0) is 25.0 Å². The molecular formula is C14H17N5O2. The fourth-order valence-corrected chi connectivity index (χ4v) is 2.67. The van der Waals surface area contributed by atoms with Gasteiger partial charge in [0.25, 0.3) is 5.91 Å². The highest BCUT2D eigenvalue weighted by molar-refractivity contribution is 5.94. The summed E-state index contributed by atoms with van der Waals surface area (Å²) in [6, 6.07) is 3.41. The zero-order valence-electron chi connectivity index (χ0n) is 11.6. The Morgan fingerprint density at radius 1 is 1.38 bits per heavy atom. The maximum Gasteiger partial charge on any atom is 0.253 e. The van der Waals surface area contributed by atoms with Gasteiger partial charge in [0.05, 0.1) is 17.7 Å². The molecule has 0 spiro atoms. The van der Waals surface area contributed by atoms with E-state index in [-0.39, 0.29) is 12.5 Å². The van der Waals surface area contributed by atoms with Crippen LogP contribution in [0, 0.1) is 0 Å². The zero-order chi connectivity index (χ0) is 14.7. The predicted octanol–water partition coefficient (Wildman–Crippen LogP) is 0.697. The Labute approximate surface area is 122 Å². The topological polar surface area (TPSA) is 92.9 Å². The Balaban J connectivity index is 1.73. The lowest BCUT2D eigenvalue weighted by molar-refractivity contribution is 0.0838. The van der Waals surface area contributed by atoms with Crippen LogP contribution in [0.4, 0.5) is 0 Å². The molecule has 1 aliphatic carbocycles. The Morgan fingerprint density at radius 3 is 2.76 bits per heavy atom. The molecule has 0 bridgehead atoms. The Kier molecular flexibility index (Phi) is 3.66. The van der Waals surface area contributed by atoms with Crippen LogP contribution >= 0.6 is 0 Å². The second kappa shape index (κ2) is 5.61. The van der Waals surface area contributed by atoms with Crippen molar-refractivity contribution in [1.29, 1.82) is 0 Å². The number of aliphatic hydroxyl groups excluding tert-OH is 1. The van der Waals surface area contributed by atoms with E-state index in [0.717, 1.165) is 25.7 Å². The van der Waals surface area contributed by atoms with E-state index in [4.69, 9.17) is 0 Å². The first-order chi connectivity index (χ1) is 10.2. The minimum absolute atomic E-state index is 0.0246. The van der Waals surface area contributed by atoms with Gasteiger partial charge >= 0.3 is 0 Å². The van der Waals surface area contributed by atoms with E-state index >= 15 is 0 Å². The van der Waals surface area contributed by atoms with Crippen molar-refractivity contribution in [1.82, 2.24) is 25.1 Å². The monoisotopic (exact) mass is 287 g/mol. The third kappa shape index (κ3) is 2.78. The molecule has 0 saturated heterocycles. The molecule has 7 heteroatoms. The first-order valence-corrected chi connectivity index (χ1v) is 6.97. The molecule has 0 aliphatic heterocycles. The number of pyridine rings is 1. The van der Waals surface area contributed by atoms with Crippen LogP contribution in [-0.2, 0) is 0 Å². The quantitative estimate of drug-likeness (QED) is 0.863. The average molecular weight is 287 g/mol. The minimum Gasteiger partial charge on any atom is -0.394 e. The molecule has 0 atom stereocenters. The number of aromatic nitrogens is 4. The molecule has 2 N–H and O–H groups in total. The third-order valence-electron chi connectivity index (χ3n) is 3.91. The molecule has 110 valence electrons. The number of hydrogen-bond acceptors (Lipinski definition) is 5. The summed E-state index contributed by atoms with van der Waals surface area (Å²) in [5, 5.41) is 16.5. The van der Waals surface area contributed by atoms with Gasteiger partial charge < -0.3 is 10.4 Å². The summed E-state index contributed by atoms with van der Waals surface area (Å²) in [6.07, 6.45) is 8.18. The third-order valence-corrected chi connectivity index (χ3v) is 3.91. The van der Waals surface area contributed by atoms with Crippen LogP contribution in [0.1, 0.15) is 36.0 Å².